The summed E-state index contributed by atoms with van der Waals surface area (Å²) in [6, 6.07) is -0.466. The molecule has 3 unspecified atom stereocenters. The van der Waals surface area contributed by atoms with Crippen molar-refractivity contribution in [2.24, 2.45) is 22.7 Å². The largest absolute Gasteiger partial charge is 0.348 e. The topological polar surface area (TPSA) is 108 Å². The predicted molar refractivity (Wildman–Crippen MR) is 145 cm³/mol. The number of nitrogens with zero attached hydrogens (tertiary/aromatic N) is 1. The Labute approximate surface area is 223 Å². The van der Waals surface area contributed by atoms with E-state index in [9.17, 15) is 18.0 Å². The summed E-state index contributed by atoms with van der Waals surface area (Å²) < 4.78 is 31.9. The van der Waals surface area contributed by atoms with Gasteiger partial charge < -0.3 is 20.3 Å². The zero-order valence-electron chi connectivity index (χ0n) is 24.0. The molecule has 2 saturated heterocycles. The number of rotatable bonds is 9. The third-order valence-electron chi connectivity index (χ3n) is 10.1. The van der Waals surface area contributed by atoms with Crippen molar-refractivity contribution in [1.82, 2.24) is 15.5 Å². The minimum atomic E-state index is -3.31. The summed E-state index contributed by atoms with van der Waals surface area (Å²) >= 11 is 0. The van der Waals surface area contributed by atoms with E-state index in [1.54, 1.807) is 6.92 Å². The number of likely N-dealkylation sites (tertiary alicyclic amines) is 1. The fraction of sp³-hybridized carbons (Fsp3) is 0.929. The van der Waals surface area contributed by atoms with Gasteiger partial charge in [0.1, 0.15) is 5.54 Å². The highest BCUT2D eigenvalue weighted by molar-refractivity contribution is 7.91. The summed E-state index contributed by atoms with van der Waals surface area (Å²) in [4.78, 5) is 29.6. The number of sulfone groups is 1. The van der Waals surface area contributed by atoms with Crippen LogP contribution in [0.4, 0.5) is 4.79 Å². The van der Waals surface area contributed by atoms with Crippen molar-refractivity contribution in [2.45, 2.75) is 117 Å². The van der Waals surface area contributed by atoms with Crippen LogP contribution in [-0.2, 0) is 19.4 Å². The average Bonchev–Trinajstić information content (AvgIpc) is 3.60. The van der Waals surface area contributed by atoms with E-state index in [2.05, 4.69) is 31.4 Å². The fourth-order valence-corrected chi connectivity index (χ4v) is 9.08. The van der Waals surface area contributed by atoms with E-state index < -0.39 is 38.1 Å². The Kier molecular flexibility index (Phi) is 7.27. The summed E-state index contributed by atoms with van der Waals surface area (Å²) in [6.07, 6.45) is 6.56. The maximum atomic E-state index is 14.1. The molecule has 4 aliphatic rings. The lowest BCUT2D eigenvalue weighted by Crippen LogP contribution is -2.69. The van der Waals surface area contributed by atoms with Gasteiger partial charge in [-0.15, -0.1) is 0 Å². The highest BCUT2D eigenvalue weighted by Gasteiger charge is 2.80. The zero-order valence-corrected chi connectivity index (χ0v) is 24.9. The van der Waals surface area contributed by atoms with Crippen LogP contribution in [0.1, 0.15) is 99.8 Å². The number of urea groups is 1. The van der Waals surface area contributed by atoms with E-state index in [1.807, 2.05) is 25.7 Å². The minimum absolute atomic E-state index is 0.0428. The molecule has 4 atom stereocenters. The number of nitrogens with one attached hydrogen (secondary N) is 2. The van der Waals surface area contributed by atoms with E-state index in [-0.39, 0.29) is 22.8 Å². The molecule has 8 nitrogen and oxygen atoms in total. The summed E-state index contributed by atoms with van der Waals surface area (Å²) in [5.41, 5.74) is -2.92. The van der Waals surface area contributed by atoms with Gasteiger partial charge in [-0.1, -0.05) is 73.6 Å². The van der Waals surface area contributed by atoms with E-state index in [1.165, 1.54) is 0 Å². The molecular formula is C28H49N3O5S. The molecule has 0 aromatic rings. The van der Waals surface area contributed by atoms with Crippen molar-refractivity contribution in [1.29, 1.82) is 0 Å². The van der Waals surface area contributed by atoms with Crippen LogP contribution < -0.4 is 10.6 Å². The van der Waals surface area contributed by atoms with Crippen molar-refractivity contribution >= 4 is 21.8 Å². The molecule has 0 aromatic carbocycles. The molecule has 3 amide bonds. The number of carbonyl (C=O) groups is 2. The lowest BCUT2D eigenvalue weighted by Gasteiger charge is -2.46. The molecular weight excluding hydrogens is 490 g/mol. The van der Waals surface area contributed by atoms with Gasteiger partial charge in [0.05, 0.1) is 23.7 Å². The highest BCUT2D eigenvalue weighted by Crippen LogP contribution is 2.72. The molecule has 37 heavy (non-hydrogen) atoms. The van der Waals surface area contributed by atoms with Crippen molar-refractivity contribution in [3.63, 3.8) is 0 Å². The molecule has 0 aromatic heterocycles. The van der Waals surface area contributed by atoms with Crippen LogP contribution in [0, 0.1) is 22.7 Å². The Balaban J connectivity index is 1.50. The molecule has 4 fully saturated rings. The van der Waals surface area contributed by atoms with E-state index in [0.717, 1.165) is 32.1 Å². The maximum Gasteiger partial charge on any atom is 0.316 e. The van der Waals surface area contributed by atoms with Gasteiger partial charge in [-0.05, 0) is 42.9 Å². The molecule has 1 spiro atoms. The molecule has 2 aliphatic heterocycles. The molecule has 2 N–H and O–H groups in total. The van der Waals surface area contributed by atoms with Crippen molar-refractivity contribution in [3.05, 3.63) is 0 Å². The summed E-state index contributed by atoms with van der Waals surface area (Å²) in [7, 11) is -3.31. The van der Waals surface area contributed by atoms with Crippen LogP contribution in [0.5, 0.6) is 0 Å². The number of hydrogen-bond donors (Lipinski definition) is 2. The van der Waals surface area contributed by atoms with Crippen molar-refractivity contribution in [2.75, 3.05) is 24.7 Å². The maximum absolute atomic E-state index is 14.1. The van der Waals surface area contributed by atoms with Crippen molar-refractivity contribution < 1.29 is 22.7 Å². The van der Waals surface area contributed by atoms with Crippen LogP contribution in [0.25, 0.3) is 0 Å². The number of unbranched alkanes of at least 4 members (excludes halogenated alkanes) is 2. The van der Waals surface area contributed by atoms with Crippen LogP contribution in [0.3, 0.4) is 0 Å². The number of amides is 3. The molecule has 0 bridgehead atoms. The van der Waals surface area contributed by atoms with Crippen LogP contribution in [0.2, 0.25) is 0 Å². The molecule has 9 heteroatoms. The van der Waals surface area contributed by atoms with Gasteiger partial charge in [-0.2, -0.15) is 0 Å². The summed E-state index contributed by atoms with van der Waals surface area (Å²) in [6.45, 7) is 15.4. The van der Waals surface area contributed by atoms with Gasteiger partial charge in [0, 0.05) is 12.5 Å². The third kappa shape index (κ3) is 5.15. The van der Waals surface area contributed by atoms with E-state index in [4.69, 9.17) is 4.74 Å². The molecule has 2 heterocycles. The average molecular weight is 540 g/mol. The van der Waals surface area contributed by atoms with Gasteiger partial charge in [0.2, 0.25) is 0 Å². The molecule has 2 aliphatic carbocycles. The molecule has 0 radical (unpaired) electrons. The quantitative estimate of drug-likeness (QED) is 0.337. The fourth-order valence-electron chi connectivity index (χ4n) is 7.09. The first-order valence-electron chi connectivity index (χ1n) is 14.3. The van der Waals surface area contributed by atoms with Gasteiger partial charge >= 0.3 is 6.03 Å². The highest BCUT2D eigenvalue weighted by atomic mass is 32.2. The molecule has 4 rings (SSSR count). The monoisotopic (exact) mass is 539 g/mol. The Morgan fingerprint density at radius 1 is 1.05 bits per heavy atom. The van der Waals surface area contributed by atoms with Gasteiger partial charge in [0.15, 0.2) is 15.6 Å². The SMILES string of the molecule is CCCCCS(=O)(=O)CC1(NC(=O)NC(C)(C(=O)N2CC3C(C3(C)C)[C@@]23CO3)C(C)(C)C)CCCCC1. The first kappa shape index (κ1) is 28.7. The number of hydrogen-bond acceptors (Lipinski definition) is 5. The standard InChI is InChI=1S/C28H49N3O5S/c1-8-9-13-16-37(34,35)19-27(14-11-10-12-15-27)30-23(33)29-26(7,24(2,3)4)22(32)31-17-20-21(25(20,5)6)28(31)18-36-28/h20-21H,8-19H2,1-7H3,(H2,29,30,33)/t20?,21?,26?,28-/m0/s1. The molecule has 2 saturated carbocycles. The number of epoxide rings is 1. The lowest BCUT2D eigenvalue weighted by molar-refractivity contribution is -0.148. The summed E-state index contributed by atoms with van der Waals surface area (Å²) in [5.74, 6) is 0.741. The Bertz CT molecular complexity index is 1010. The zero-order chi connectivity index (χ0) is 27.5. The van der Waals surface area contributed by atoms with E-state index in [0.29, 0.717) is 44.2 Å². The van der Waals surface area contributed by atoms with Crippen LogP contribution in [0.15, 0.2) is 0 Å². The number of carbonyl (C=O) groups excluding carboxylic acids is 2. The van der Waals surface area contributed by atoms with E-state index >= 15 is 0 Å². The number of ether oxygens (including phenoxy) is 1. The smallest absolute Gasteiger partial charge is 0.316 e. The van der Waals surface area contributed by atoms with Gasteiger partial charge in [-0.3, -0.25) is 4.79 Å². The molecule has 212 valence electrons. The second-order valence-electron chi connectivity index (χ2n) is 14.0. The van der Waals surface area contributed by atoms with Crippen LogP contribution in [-0.4, -0.2) is 66.7 Å². The third-order valence-corrected chi connectivity index (χ3v) is 12.0. The number of fused-ring (bicyclic) bond motifs is 2. The lowest BCUT2D eigenvalue weighted by atomic mass is 9.73. The Hall–Kier alpha value is -1.35. The summed E-state index contributed by atoms with van der Waals surface area (Å²) in [5, 5.41) is 6.13. The normalized spacial score (nSPS) is 31.4. The Morgan fingerprint density at radius 3 is 2.22 bits per heavy atom. The first-order valence-corrected chi connectivity index (χ1v) is 16.1. The predicted octanol–water partition coefficient (Wildman–Crippen LogP) is 4.24. The van der Waals surface area contributed by atoms with Crippen LogP contribution >= 0.6 is 0 Å². The number of piperidine rings is 1. The van der Waals surface area contributed by atoms with Gasteiger partial charge in [0.25, 0.3) is 5.91 Å². The minimum Gasteiger partial charge on any atom is -0.348 e. The Morgan fingerprint density at radius 2 is 1.68 bits per heavy atom. The second kappa shape index (κ2) is 9.39. The van der Waals surface area contributed by atoms with Crippen molar-refractivity contribution in [3.8, 4) is 0 Å². The first-order chi connectivity index (χ1) is 17.0. The van der Waals surface area contributed by atoms with Gasteiger partial charge in [-0.25, -0.2) is 13.2 Å². The second-order valence-corrected chi connectivity index (χ2v) is 16.2.